The molecule has 2 aromatic carbocycles. The Bertz CT molecular complexity index is 1070. The van der Waals surface area contributed by atoms with E-state index in [4.69, 9.17) is 0 Å². The minimum atomic E-state index is 0. The van der Waals surface area contributed by atoms with Crippen LogP contribution >= 0.6 is 0 Å². The van der Waals surface area contributed by atoms with Gasteiger partial charge in [0.2, 0.25) is 11.4 Å². The van der Waals surface area contributed by atoms with E-state index in [0.29, 0.717) is 0 Å². The van der Waals surface area contributed by atoms with E-state index in [2.05, 4.69) is 103 Å². The van der Waals surface area contributed by atoms with Crippen LogP contribution in [0.25, 0.3) is 16.9 Å². The summed E-state index contributed by atoms with van der Waals surface area (Å²) in [4.78, 5) is 0. The van der Waals surface area contributed by atoms with Crippen LogP contribution in [0, 0.1) is 13.8 Å². The first kappa shape index (κ1) is 45.0. The molecule has 0 N–H and O–H groups in total. The molecule has 1 aliphatic rings. The zero-order valence-corrected chi connectivity index (χ0v) is 32.2. The molecule has 1 heterocycles. The van der Waals surface area contributed by atoms with Gasteiger partial charge in [0.25, 0.3) is 0 Å². The van der Waals surface area contributed by atoms with Gasteiger partial charge in [-0.15, -0.1) is 0 Å². The molecule has 266 valence electrons. The van der Waals surface area contributed by atoms with Gasteiger partial charge in [0.05, 0.1) is 0 Å². The summed E-state index contributed by atoms with van der Waals surface area (Å²) in [5, 5.41) is 0. The van der Waals surface area contributed by atoms with Crippen molar-refractivity contribution in [2.45, 2.75) is 169 Å². The Morgan fingerprint density at radius 1 is 0.489 bits per heavy atom. The fourth-order valence-corrected chi connectivity index (χ4v) is 5.62. The van der Waals surface area contributed by atoms with Gasteiger partial charge in [0.15, 0.2) is 0 Å². The van der Waals surface area contributed by atoms with Crippen molar-refractivity contribution in [1.29, 1.82) is 0 Å². The normalized spacial score (nSPS) is 12.1. The van der Waals surface area contributed by atoms with Gasteiger partial charge in [0.1, 0.15) is 0 Å². The molecular weight excluding hydrogens is 615 g/mol. The van der Waals surface area contributed by atoms with E-state index in [1.54, 1.807) is 0 Å². The largest absolute Gasteiger partial charge is 2.00 e. The molecule has 3 rings (SSSR count). The number of aryl methyl sites for hydroxylation is 2. The van der Waals surface area contributed by atoms with Crippen LogP contribution in [0.1, 0.15) is 179 Å². The van der Waals surface area contributed by atoms with E-state index in [-0.39, 0.29) is 16.5 Å². The number of hydrogen-bond acceptors (Lipinski definition) is 0. The zero-order valence-electron chi connectivity index (χ0n) is 31.2. The molecule has 2 aromatic rings. The maximum Gasteiger partial charge on any atom is 2.00 e. The molecule has 3 heteroatoms. The van der Waals surface area contributed by atoms with Gasteiger partial charge in [-0.25, -0.2) is 4.70 Å². The Labute approximate surface area is 302 Å². The maximum absolute atomic E-state index is 11.2. The Hall–Kier alpha value is -1.99. The predicted octanol–water partition coefficient (Wildman–Crippen LogP) is 14.7. The van der Waals surface area contributed by atoms with Gasteiger partial charge in [-0.1, -0.05) is 142 Å². The van der Waals surface area contributed by atoms with E-state index >= 15 is 0 Å². The van der Waals surface area contributed by atoms with Crippen LogP contribution in [0.15, 0.2) is 60.2 Å². The molecule has 0 saturated heterocycles. The van der Waals surface area contributed by atoms with Crippen LogP contribution in [-0.4, -0.2) is 4.70 Å². The number of hydrogen-bond donors (Lipinski definition) is 0. The monoisotopic (exact) mass is 684 g/mol. The molecular formula is C44H70N2Ni. The first-order valence-electron chi connectivity index (χ1n) is 19.2. The van der Waals surface area contributed by atoms with Crippen molar-refractivity contribution in [2.24, 2.45) is 0 Å². The number of rotatable bonds is 21. The van der Waals surface area contributed by atoms with Gasteiger partial charge in [-0.05, 0) is 73.9 Å². The Morgan fingerprint density at radius 3 is 1.28 bits per heavy atom. The van der Waals surface area contributed by atoms with Gasteiger partial charge in [-0.3, -0.25) is 0 Å². The number of allylic oxidation sites excluding steroid dienone is 2. The number of unbranched alkanes of at least 4 members (excludes halogenated alkanes) is 13. The Balaban J connectivity index is 0.00000103. The third-order valence-corrected chi connectivity index (χ3v) is 8.68. The molecule has 0 fully saturated rings. The van der Waals surface area contributed by atoms with Crippen LogP contribution in [0.5, 0.6) is 0 Å². The maximum atomic E-state index is 11.2. The number of nitrogens with zero attached hydrogens (tertiary/aromatic N) is 2. The van der Waals surface area contributed by atoms with Crippen molar-refractivity contribution in [1.82, 2.24) is 0 Å². The van der Waals surface area contributed by atoms with Crippen LogP contribution in [0.3, 0.4) is 0 Å². The minimum absolute atomic E-state index is 0. The standard InChI is InChI=1S/C28H36N2.2C8H17.Ni/c1-4-7-10-22-13-17-24(18-14-22)27-21-26(12-9-6-3)28(30(27)29)25-19-15-23(16-20-25)11-8-5-2;2*1-3-5-7-8-6-4-2;/h13-21H,4-12H2,1-3H3;2*1,3-8H2,2H3;/q;2*-1;+2. The summed E-state index contributed by atoms with van der Waals surface area (Å²) in [6.07, 6.45) is 28.5. The molecule has 0 amide bonds. The predicted molar refractivity (Wildman–Crippen MR) is 206 cm³/mol. The summed E-state index contributed by atoms with van der Waals surface area (Å²) >= 11 is 0. The van der Waals surface area contributed by atoms with Crippen molar-refractivity contribution in [3.05, 3.63) is 102 Å². The minimum Gasteiger partial charge on any atom is -0.493 e. The summed E-state index contributed by atoms with van der Waals surface area (Å²) < 4.78 is 1.41. The summed E-state index contributed by atoms with van der Waals surface area (Å²) in [6.45, 7) is 18.7. The van der Waals surface area contributed by atoms with E-state index in [9.17, 15) is 5.53 Å². The topological polar surface area (TPSA) is 25.3 Å². The third-order valence-electron chi connectivity index (χ3n) is 8.68. The second-order valence-corrected chi connectivity index (χ2v) is 13.0. The van der Waals surface area contributed by atoms with Crippen molar-refractivity contribution in [3.8, 4) is 0 Å². The SMILES string of the molecule is CCCCC1=C(c2ccc(CCCC)cc2)[N+](=[N-])C(c2ccc(CCCC)cc2)=C1.[CH2-]CCCCCCC.[CH2-]CCCCCCC.[Ni+2]. The Kier molecular flexibility index (Phi) is 28.8. The molecule has 0 aromatic heterocycles. The third kappa shape index (κ3) is 19.0. The molecule has 0 saturated carbocycles. The Morgan fingerprint density at radius 2 is 0.872 bits per heavy atom. The second-order valence-electron chi connectivity index (χ2n) is 13.0. The van der Waals surface area contributed by atoms with Crippen LogP contribution in [-0.2, 0) is 29.3 Å². The zero-order chi connectivity index (χ0) is 33.8. The van der Waals surface area contributed by atoms with E-state index in [0.717, 1.165) is 67.5 Å². The van der Waals surface area contributed by atoms with Gasteiger partial charge in [0, 0.05) is 22.8 Å². The first-order valence-corrected chi connectivity index (χ1v) is 19.2. The summed E-state index contributed by atoms with van der Waals surface area (Å²) in [6, 6.07) is 17.5. The molecule has 0 atom stereocenters. The molecule has 47 heavy (non-hydrogen) atoms. The molecule has 2 nitrogen and oxygen atoms in total. The second kappa shape index (κ2) is 30.1. The smallest absolute Gasteiger partial charge is 0.493 e. The molecule has 0 aliphatic carbocycles. The summed E-state index contributed by atoms with van der Waals surface area (Å²) in [5.74, 6) is 0. The fourth-order valence-electron chi connectivity index (χ4n) is 5.62. The van der Waals surface area contributed by atoms with Crippen LogP contribution in [0.2, 0.25) is 0 Å². The van der Waals surface area contributed by atoms with Crippen LogP contribution in [0.4, 0.5) is 0 Å². The van der Waals surface area contributed by atoms with E-state index in [1.165, 1.54) is 111 Å². The summed E-state index contributed by atoms with van der Waals surface area (Å²) in [5.41, 5.74) is 19.1. The van der Waals surface area contributed by atoms with Gasteiger partial charge >= 0.3 is 16.5 Å². The van der Waals surface area contributed by atoms with Crippen LogP contribution < -0.4 is 0 Å². The first-order chi connectivity index (χ1) is 22.5. The summed E-state index contributed by atoms with van der Waals surface area (Å²) in [7, 11) is 0. The van der Waals surface area contributed by atoms with Gasteiger partial charge in [-0.2, -0.15) is 12.8 Å². The quantitative estimate of drug-likeness (QED) is 0.0541. The molecule has 0 spiro atoms. The fraction of sp³-hybridized carbons (Fsp3) is 0.591. The number of benzene rings is 2. The average molecular weight is 686 g/mol. The van der Waals surface area contributed by atoms with Crippen molar-refractivity contribution < 1.29 is 21.2 Å². The molecule has 0 unspecified atom stereocenters. The van der Waals surface area contributed by atoms with Crippen molar-refractivity contribution >= 4 is 11.4 Å². The molecule has 1 aliphatic heterocycles. The van der Waals surface area contributed by atoms with E-state index < -0.39 is 0 Å². The van der Waals surface area contributed by atoms with E-state index in [1.807, 2.05) is 0 Å². The average Bonchev–Trinajstić information content (AvgIpc) is 3.42. The van der Waals surface area contributed by atoms with Crippen molar-refractivity contribution in [2.75, 3.05) is 0 Å². The van der Waals surface area contributed by atoms with Crippen molar-refractivity contribution in [3.63, 3.8) is 0 Å². The molecule has 0 bridgehead atoms. The van der Waals surface area contributed by atoms with Gasteiger partial charge < -0.3 is 19.4 Å². The molecule has 0 radical (unpaired) electrons.